The van der Waals surface area contributed by atoms with Crippen molar-refractivity contribution in [3.63, 3.8) is 0 Å². The Hall–Kier alpha value is -1.06. The lowest BCUT2D eigenvalue weighted by atomic mass is 9.82. The van der Waals surface area contributed by atoms with Gasteiger partial charge in [-0.25, -0.2) is 0 Å². The summed E-state index contributed by atoms with van der Waals surface area (Å²) in [6.45, 7) is 8.23. The van der Waals surface area contributed by atoms with Crippen LogP contribution in [0.25, 0.3) is 0 Å². The van der Waals surface area contributed by atoms with Crippen LogP contribution in [0, 0.1) is 11.8 Å². The Balaban J connectivity index is 1.76. The molecule has 1 aromatic carbocycles. The van der Waals surface area contributed by atoms with Crippen LogP contribution in [0.5, 0.6) is 5.75 Å². The Morgan fingerprint density at radius 1 is 1.20 bits per heavy atom. The summed E-state index contributed by atoms with van der Waals surface area (Å²) in [6.07, 6.45) is 1.83. The van der Waals surface area contributed by atoms with Crippen LogP contribution in [0.15, 0.2) is 24.3 Å². The second kappa shape index (κ2) is 7.09. The summed E-state index contributed by atoms with van der Waals surface area (Å²) in [5.41, 5.74) is 1.28. The van der Waals surface area contributed by atoms with E-state index in [2.05, 4.69) is 38.2 Å². The SMILES string of the molecule is CC(C)COc1ccc(C(C)NCC2CC(O)C2)cc1. The minimum absolute atomic E-state index is 0.0607. The fraction of sp³-hybridized carbons (Fsp3) is 0.647. The number of aliphatic hydroxyl groups excluding tert-OH is 1. The minimum Gasteiger partial charge on any atom is -0.493 e. The van der Waals surface area contributed by atoms with Crippen LogP contribution >= 0.6 is 0 Å². The van der Waals surface area contributed by atoms with Crippen LogP contribution in [-0.2, 0) is 0 Å². The van der Waals surface area contributed by atoms with E-state index in [0.717, 1.165) is 31.7 Å². The minimum atomic E-state index is -0.0607. The topological polar surface area (TPSA) is 41.5 Å². The first-order valence-electron chi connectivity index (χ1n) is 7.68. The maximum Gasteiger partial charge on any atom is 0.119 e. The van der Waals surface area contributed by atoms with Gasteiger partial charge in [0, 0.05) is 6.04 Å². The fourth-order valence-corrected chi connectivity index (χ4v) is 2.44. The summed E-state index contributed by atoms with van der Waals surface area (Å²) in [7, 11) is 0. The second-order valence-corrected chi connectivity index (χ2v) is 6.40. The molecule has 3 heteroatoms. The van der Waals surface area contributed by atoms with Crippen molar-refractivity contribution in [1.29, 1.82) is 0 Å². The van der Waals surface area contributed by atoms with Crippen LogP contribution in [0.4, 0.5) is 0 Å². The van der Waals surface area contributed by atoms with Crippen LogP contribution in [0.1, 0.15) is 45.2 Å². The summed E-state index contributed by atoms with van der Waals surface area (Å²) < 4.78 is 5.69. The third-order valence-electron chi connectivity index (χ3n) is 3.89. The standard InChI is InChI=1S/C17H27NO2/c1-12(2)11-20-17-6-4-15(5-7-17)13(3)18-10-14-8-16(19)9-14/h4-7,12-14,16,18-19H,8-11H2,1-3H3. The van der Waals surface area contributed by atoms with Crippen molar-refractivity contribution in [2.75, 3.05) is 13.2 Å². The Bertz CT molecular complexity index is 396. The summed E-state index contributed by atoms with van der Waals surface area (Å²) in [5, 5.41) is 12.8. The molecule has 20 heavy (non-hydrogen) atoms. The molecule has 0 heterocycles. The molecule has 112 valence electrons. The molecule has 1 aliphatic rings. The normalized spacial score (nSPS) is 23.4. The highest BCUT2D eigenvalue weighted by Gasteiger charge is 2.26. The van der Waals surface area contributed by atoms with Gasteiger partial charge < -0.3 is 15.2 Å². The first kappa shape index (κ1) is 15.3. The monoisotopic (exact) mass is 277 g/mol. The van der Waals surface area contributed by atoms with Gasteiger partial charge in [0.25, 0.3) is 0 Å². The molecule has 1 aliphatic carbocycles. The highest BCUT2D eigenvalue weighted by atomic mass is 16.5. The van der Waals surface area contributed by atoms with Crippen molar-refractivity contribution in [2.24, 2.45) is 11.8 Å². The molecule has 1 fully saturated rings. The Labute approximate surface area is 122 Å². The average Bonchev–Trinajstić information content (AvgIpc) is 2.40. The van der Waals surface area contributed by atoms with Crippen LogP contribution in [0.3, 0.4) is 0 Å². The number of hydrogen-bond donors (Lipinski definition) is 2. The van der Waals surface area contributed by atoms with Gasteiger partial charge in [0.15, 0.2) is 0 Å². The molecule has 1 saturated carbocycles. The maximum absolute atomic E-state index is 9.28. The van der Waals surface area contributed by atoms with Crippen molar-refractivity contribution in [3.8, 4) is 5.75 Å². The molecule has 0 bridgehead atoms. The molecule has 2 N–H and O–H groups in total. The Morgan fingerprint density at radius 2 is 1.85 bits per heavy atom. The van der Waals surface area contributed by atoms with E-state index in [1.54, 1.807) is 0 Å². The first-order chi connectivity index (χ1) is 9.54. The van der Waals surface area contributed by atoms with E-state index in [0.29, 0.717) is 17.9 Å². The summed E-state index contributed by atoms with van der Waals surface area (Å²) >= 11 is 0. The van der Waals surface area contributed by atoms with Gasteiger partial charge in [-0.3, -0.25) is 0 Å². The summed E-state index contributed by atoms with van der Waals surface area (Å²) in [5.74, 6) is 2.13. The zero-order valence-corrected chi connectivity index (χ0v) is 12.8. The number of rotatable bonds is 7. The Kier molecular flexibility index (Phi) is 5.44. The van der Waals surface area contributed by atoms with Gasteiger partial charge in [-0.1, -0.05) is 26.0 Å². The predicted molar refractivity (Wildman–Crippen MR) is 81.9 cm³/mol. The molecule has 0 spiro atoms. The van der Waals surface area contributed by atoms with E-state index in [4.69, 9.17) is 4.74 Å². The number of aliphatic hydroxyl groups is 1. The summed E-state index contributed by atoms with van der Waals surface area (Å²) in [4.78, 5) is 0. The molecule has 1 aromatic rings. The van der Waals surface area contributed by atoms with Crippen LogP contribution in [-0.4, -0.2) is 24.4 Å². The van der Waals surface area contributed by atoms with E-state index in [1.165, 1.54) is 5.56 Å². The molecular formula is C17H27NO2. The van der Waals surface area contributed by atoms with Crippen molar-refractivity contribution < 1.29 is 9.84 Å². The fourth-order valence-electron chi connectivity index (χ4n) is 2.44. The molecule has 2 rings (SSSR count). The van der Waals surface area contributed by atoms with E-state index in [1.807, 2.05) is 12.1 Å². The van der Waals surface area contributed by atoms with E-state index in [-0.39, 0.29) is 6.10 Å². The van der Waals surface area contributed by atoms with E-state index in [9.17, 15) is 5.11 Å². The van der Waals surface area contributed by atoms with Crippen molar-refractivity contribution in [1.82, 2.24) is 5.32 Å². The molecule has 1 atom stereocenters. The zero-order valence-electron chi connectivity index (χ0n) is 12.8. The lowest BCUT2D eigenvalue weighted by molar-refractivity contribution is 0.0420. The first-order valence-corrected chi connectivity index (χ1v) is 7.68. The van der Waals surface area contributed by atoms with Crippen molar-refractivity contribution >= 4 is 0 Å². The maximum atomic E-state index is 9.28. The molecule has 0 radical (unpaired) electrons. The number of nitrogens with one attached hydrogen (secondary N) is 1. The van der Waals surface area contributed by atoms with Crippen LogP contribution in [0.2, 0.25) is 0 Å². The van der Waals surface area contributed by atoms with Crippen molar-refractivity contribution in [3.05, 3.63) is 29.8 Å². The highest BCUT2D eigenvalue weighted by molar-refractivity contribution is 5.28. The number of hydrogen-bond acceptors (Lipinski definition) is 3. The smallest absolute Gasteiger partial charge is 0.119 e. The number of benzene rings is 1. The summed E-state index contributed by atoms with van der Waals surface area (Å²) in [6, 6.07) is 8.68. The molecular weight excluding hydrogens is 250 g/mol. The molecule has 0 aromatic heterocycles. The molecule has 1 unspecified atom stereocenters. The predicted octanol–water partition coefficient (Wildman–Crippen LogP) is 3.14. The van der Waals surface area contributed by atoms with Crippen LogP contribution < -0.4 is 10.1 Å². The Morgan fingerprint density at radius 3 is 2.40 bits per heavy atom. The van der Waals surface area contributed by atoms with Gasteiger partial charge in [0.05, 0.1) is 12.7 Å². The quantitative estimate of drug-likeness (QED) is 0.804. The largest absolute Gasteiger partial charge is 0.493 e. The average molecular weight is 277 g/mol. The van der Waals surface area contributed by atoms with Crippen molar-refractivity contribution in [2.45, 2.75) is 45.8 Å². The molecule has 3 nitrogen and oxygen atoms in total. The molecule has 0 saturated heterocycles. The molecule has 0 amide bonds. The van der Waals surface area contributed by atoms with Gasteiger partial charge >= 0.3 is 0 Å². The third-order valence-corrected chi connectivity index (χ3v) is 3.89. The van der Waals surface area contributed by atoms with E-state index < -0.39 is 0 Å². The highest BCUT2D eigenvalue weighted by Crippen LogP contribution is 2.27. The zero-order chi connectivity index (χ0) is 14.5. The van der Waals surface area contributed by atoms with E-state index >= 15 is 0 Å². The van der Waals surface area contributed by atoms with Gasteiger partial charge in [0.2, 0.25) is 0 Å². The lowest BCUT2D eigenvalue weighted by Gasteiger charge is -2.32. The third kappa shape index (κ3) is 4.50. The number of ether oxygens (including phenoxy) is 1. The van der Waals surface area contributed by atoms with Gasteiger partial charge in [-0.15, -0.1) is 0 Å². The lowest BCUT2D eigenvalue weighted by Crippen LogP contribution is -2.36. The molecule has 0 aliphatic heterocycles. The second-order valence-electron chi connectivity index (χ2n) is 6.40. The van der Waals surface area contributed by atoms with Gasteiger partial charge in [-0.2, -0.15) is 0 Å². The van der Waals surface area contributed by atoms with Gasteiger partial charge in [-0.05, 0) is 55.8 Å². The van der Waals surface area contributed by atoms with Gasteiger partial charge in [0.1, 0.15) is 5.75 Å².